The predicted molar refractivity (Wildman–Crippen MR) is 71.7 cm³/mol. The molecule has 4 nitrogen and oxygen atoms in total. The molecule has 1 saturated heterocycles. The van der Waals surface area contributed by atoms with Gasteiger partial charge in [-0.3, -0.25) is 9.69 Å². The van der Waals surface area contributed by atoms with Crippen molar-refractivity contribution in [1.29, 1.82) is 0 Å². The van der Waals surface area contributed by atoms with Crippen molar-refractivity contribution in [3.8, 4) is 0 Å². The van der Waals surface area contributed by atoms with Crippen LogP contribution in [0.1, 0.15) is 38.5 Å². The van der Waals surface area contributed by atoms with Crippen molar-refractivity contribution in [3.63, 3.8) is 0 Å². The highest BCUT2D eigenvalue weighted by Gasteiger charge is 2.36. The first-order valence-electron chi connectivity index (χ1n) is 7.23. The van der Waals surface area contributed by atoms with E-state index in [9.17, 15) is 9.90 Å². The normalized spacial score (nSPS) is 31.7. The van der Waals surface area contributed by atoms with Gasteiger partial charge in [-0.05, 0) is 52.9 Å². The molecule has 0 aromatic rings. The van der Waals surface area contributed by atoms with Crippen LogP contribution in [0.15, 0.2) is 0 Å². The van der Waals surface area contributed by atoms with Crippen molar-refractivity contribution >= 4 is 5.97 Å². The summed E-state index contributed by atoms with van der Waals surface area (Å²) in [5.74, 6) is -0.747. The first-order chi connectivity index (χ1) is 8.59. The molecule has 0 spiro atoms. The standard InChI is InChI=1S/C14H26N2O2/c1-15-9-7-11(8-10-15)16(2)13-6-4-3-5-12(13)14(17)18/h11-13H,3-10H2,1-2H3,(H,17,18). The van der Waals surface area contributed by atoms with E-state index < -0.39 is 5.97 Å². The molecule has 2 rings (SSSR count). The van der Waals surface area contributed by atoms with Gasteiger partial charge in [-0.2, -0.15) is 0 Å². The molecule has 2 atom stereocenters. The number of nitrogens with zero attached hydrogens (tertiary/aromatic N) is 2. The maximum Gasteiger partial charge on any atom is 0.308 e. The Kier molecular flexibility index (Phi) is 4.62. The Hall–Kier alpha value is -0.610. The minimum absolute atomic E-state index is 0.150. The average Bonchev–Trinajstić information content (AvgIpc) is 2.39. The molecule has 2 aliphatic rings. The summed E-state index contributed by atoms with van der Waals surface area (Å²) in [5, 5.41) is 9.36. The Morgan fingerprint density at radius 1 is 1.17 bits per heavy atom. The van der Waals surface area contributed by atoms with E-state index >= 15 is 0 Å². The van der Waals surface area contributed by atoms with E-state index in [-0.39, 0.29) is 12.0 Å². The van der Waals surface area contributed by atoms with Gasteiger partial charge in [0.2, 0.25) is 0 Å². The lowest BCUT2D eigenvalue weighted by Gasteiger charge is -2.43. The van der Waals surface area contributed by atoms with Crippen LogP contribution in [0.2, 0.25) is 0 Å². The van der Waals surface area contributed by atoms with Gasteiger partial charge in [0, 0.05) is 12.1 Å². The van der Waals surface area contributed by atoms with Gasteiger partial charge in [0.15, 0.2) is 0 Å². The first-order valence-corrected chi connectivity index (χ1v) is 7.23. The summed E-state index contributed by atoms with van der Waals surface area (Å²) < 4.78 is 0. The van der Waals surface area contributed by atoms with E-state index in [0.717, 1.165) is 32.4 Å². The Morgan fingerprint density at radius 2 is 1.78 bits per heavy atom. The van der Waals surface area contributed by atoms with Gasteiger partial charge >= 0.3 is 5.97 Å². The molecule has 0 aromatic heterocycles. The maximum absolute atomic E-state index is 11.4. The summed E-state index contributed by atoms with van der Waals surface area (Å²) in [6.07, 6.45) is 6.53. The Morgan fingerprint density at radius 3 is 2.39 bits per heavy atom. The number of likely N-dealkylation sites (tertiary alicyclic amines) is 1. The molecule has 2 unspecified atom stereocenters. The zero-order valence-corrected chi connectivity index (χ0v) is 11.6. The van der Waals surface area contributed by atoms with Crippen molar-refractivity contribution in [2.45, 2.75) is 50.6 Å². The highest BCUT2D eigenvalue weighted by atomic mass is 16.4. The summed E-state index contributed by atoms with van der Waals surface area (Å²) in [6.45, 7) is 2.28. The lowest BCUT2D eigenvalue weighted by Crippen LogP contribution is -2.51. The van der Waals surface area contributed by atoms with Crippen molar-refractivity contribution in [3.05, 3.63) is 0 Å². The second kappa shape index (κ2) is 6.02. The van der Waals surface area contributed by atoms with Crippen LogP contribution < -0.4 is 0 Å². The van der Waals surface area contributed by atoms with Crippen molar-refractivity contribution in [1.82, 2.24) is 9.80 Å². The van der Waals surface area contributed by atoms with Crippen LogP contribution in [0, 0.1) is 5.92 Å². The third kappa shape index (κ3) is 3.04. The minimum atomic E-state index is -0.598. The molecule has 1 aliphatic carbocycles. The van der Waals surface area contributed by atoms with E-state index in [1.165, 1.54) is 19.3 Å². The largest absolute Gasteiger partial charge is 0.481 e. The minimum Gasteiger partial charge on any atom is -0.481 e. The summed E-state index contributed by atoms with van der Waals surface area (Å²) in [4.78, 5) is 16.1. The quantitative estimate of drug-likeness (QED) is 0.832. The van der Waals surface area contributed by atoms with E-state index in [1.807, 2.05) is 0 Å². The van der Waals surface area contributed by atoms with Crippen molar-refractivity contribution in [2.75, 3.05) is 27.2 Å². The third-order valence-electron chi connectivity index (χ3n) is 4.83. The molecule has 0 radical (unpaired) electrons. The monoisotopic (exact) mass is 254 g/mol. The Labute approximate surface area is 110 Å². The fourth-order valence-electron chi connectivity index (χ4n) is 3.56. The van der Waals surface area contributed by atoms with Crippen LogP contribution in [0.5, 0.6) is 0 Å². The molecule has 1 saturated carbocycles. The molecule has 1 N–H and O–H groups in total. The number of hydrogen-bond acceptors (Lipinski definition) is 3. The lowest BCUT2D eigenvalue weighted by molar-refractivity contribution is -0.146. The number of rotatable bonds is 3. The summed E-state index contributed by atoms with van der Waals surface area (Å²) in [5.41, 5.74) is 0. The molecule has 4 heteroatoms. The molecular weight excluding hydrogens is 228 g/mol. The third-order valence-corrected chi connectivity index (χ3v) is 4.83. The number of piperidine rings is 1. The van der Waals surface area contributed by atoms with Gasteiger partial charge in [-0.25, -0.2) is 0 Å². The fraction of sp³-hybridized carbons (Fsp3) is 0.929. The fourth-order valence-corrected chi connectivity index (χ4v) is 3.56. The molecule has 104 valence electrons. The molecule has 0 amide bonds. The van der Waals surface area contributed by atoms with E-state index in [0.29, 0.717) is 6.04 Å². The van der Waals surface area contributed by atoms with Crippen LogP contribution in [-0.2, 0) is 4.79 Å². The van der Waals surface area contributed by atoms with Gasteiger partial charge in [0.1, 0.15) is 0 Å². The van der Waals surface area contributed by atoms with Gasteiger partial charge in [0.05, 0.1) is 5.92 Å². The molecular formula is C14H26N2O2. The molecule has 1 aliphatic heterocycles. The second-order valence-corrected chi connectivity index (χ2v) is 6.00. The number of carboxylic acid groups (broad SMARTS) is 1. The maximum atomic E-state index is 11.4. The number of hydrogen-bond donors (Lipinski definition) is 1. The average molecular weight is 254 g/mol. The molecule has 18 heavy (non-hydrogen) atoms. The molecule has 1 heterocycles. The first kappa shape index (κ1) is 13.8. The second-order valence-electron chi connectivity index (χ2n) is 6.00. The summed E-state index contributed by atoms with van der Waals surface area (Å²) in [7, 11) is 4.30. The Bertz CT molecular complexity index is 288. The van der Waals surface area contributed by atoms with Crippen LogP contribution >= 0.6 is 0 Å². The van der Waals surface area contributed by atoms with Gasteiger partial charge in [-0.1, -0.05) is 12.8 Å². The highest BCUT2D eigenvalue weighted by Crippen LogP contribution is 2.31. The van der Waals surface area contributed by atoms with Crippen LogP contribution in [0.4, 0.5) is 0 Å². The van der Waals surface area contributed by atoms with E-state index in [2.05, 4.69) is 23.9 Å². The molecule has 0 aromatic carbocycles. The zero-order chi connectivity index (χ0) is 13.1. The van der Waals surface area contributed by atoms with Gasteiger partial charge < -0.3 is 10.0 Å². The predicted octanol–water partition coefficient (Wildman–Crippen LogP) is 1.66. The Balaban J connectivity index is 1.97. The number of aliphatic carboxylic acids is 1. The van der Waals surface area contributed by atoms with E-state index in [1.54, 1.807) is 0 Å². The molecule has 0 bridgehead atoms. The van der Waals surface area contributed by atoms with Crippen LogP contribution in [0.25, 0.3) is 0 Å². The van der Waals surface area contributed by atoms with Crippen molar-refractivity contribution in [2.24, 2.45) is 5.92 Å². The molecule has 2 fully saturated rings. The van der Waals surface area contributed by atoms with Crippen molar-refractivity contribution < 1.29 is 9.90 Å². The zero-order valence-electron chi connectivity index (χ0n) is 11.6. The van der Waals surface area contributed by atoms with E-state index in [4.69, 9.17) is 0 Å². The van der Waals surface area contributed by atoms with Crippen LogP contribution in [-0.4, -0.2) is 60.1 Å². The van der Waals surface area contributed by atoms with Gasteiger partial charge in [-0.15, -0.1) is 0 Å². The highest BCUT2D eigenvalue weighted by molar-refractivity contribution is 5.71. The summed E-state index contributed by atoms with van der Waals surface area (Å²) in [6, 6.07) is 0.829. The lowest BCUT2D eigenvalue weighted by atomic mass is 9.82. The summed E-state index contributed by atoms with van der Waals surface area (Å²) >= 11 is 0. The number of carbonyl (C=O) groups is 1. The van der Waals surface area contributed by atoms with Gasteiger partial charge in [0.25, 0.3) is 0 Å². The topological polar surface area (TPSA) is 43.8 Å². The number of carboxylic acids is 1. The smallest absolute Gasteiger partial charge is 0.308 e. The van der Waals surface area contributed by atoms with Crippen LogP contribution in [0.3, 0.4) is 0 Å². The SMILES string of the molecule is CN1CCC(N(C)C2CCCCC2C(=O)O)CC1.